The summed E-state index contributed by atoms with van der Waals surface area (Å²) in [6, 6.07) is 31.9. The maximum absolute atomic E-state index is 3.95. The van der Waals surface area contributed by atoms with E-state index in [1.807, 2.05) is 12.2 Å². The summed E-state index contributed by atoms with van der Waals surface area (Å²) >= 11 is 0. The Morgan fingerprint density at radius 1 is 0.516 bits per heavy atom. The van der Waals surface area contributed by atoms with E-state index < -0.39 is 0 Å². The Kier molecular flexibility index (Phi) is 3.91. The second-order valence-electron chi connectivity index (χ2n) is 8.59. The Hall–Kier alpha value is -3.64. The third-order valence-corrected chi connectivity index (χ3v) is 6.98. The van der Waals surface area contributed by atoms with Gasteiger partial charge in [-0.3, -0.25) is 0 Å². The molecule has 4 aromatic carbocycles. The van der Waals surface area contributed by atoms with Crippen molar-refractivity contribution in [3.63, 3.8) is 0 Å². The van der Waals surface area contributed by atoms with E-state index in [-0.39, 0.29) is 5.41 Å². The number of hydrogen-bond acceptors (Lipinski definition) is 0. The zero-order valence-corrected chi connectivity index (χ0v) is 17.6. The van der Waals surface area contributed by atoms with E-state index in [1.54, 1.807) is 0 Å². The summed E-state index contributed by atoms with van der Waals surface area (Å²) in [5, 5.41) is 0. The first kappa shape index (κ1) is 18.2. The van der Waals surface area contributed by atoms with E-state index in [0.717, 1.165) is 12.8 Å². The van der Waals surface area contributed by atoms with Crippen molar-refractivity contribution in [2.45, 2.75) is 18.3 Å². The molecular formula is C31H24. The van der Waals surface area contributed by atoms with Crippen LogP contribution in [0, 0.1) is 0 Å². The summed E-state index contributed by atoms with van der Waals surface area (Å²) in [6.07, 6.45) is 5.74. The highest BCUT2D eigenvalue weighted by atomic mass is 14.5. The molecule has 0 atom stereocenters. The van der Waals surface area contributed by atoms with Gasteiger partial charge in [-0.15, -0.1) is 13.2 Å². The molecule has 0 heteroatoms. The highest BCUT2D eigenvalue weighted by Crippen LogP contribution is 2.62. The summed E-state index contributed by atoms with van der Waals surface area (Å²) in [4.78, 5) is 0. The third kappa shape index (κ3) is 2.31. The minimum Gasteiger partial charge on any atom is -0.103 e. The lowest BCUT2D eigenvalue weighted by molar-refractivity contribution is 0.793. The van der Waals surface area contributed by atoms with E-state index in [2.05, 4.69) is 98.1 Å². The van der Waals surface area contributed by atoms with Crippen LogP contribution < -0.4 is 0 Å². The smallest absolute Gasteiger partial charge is 0.0725 e. The van der Waals surface area contributed by atoms with Gasteiger partial charge in [0.2, 0.25) is 0 Å². The highest BCUT2D eigenvalue weighted by molar-refractivity contribution is 5.95. The lowest BCUT2D eigenvalue weighted by Crippen LogP contribution is -2.25. The van der Waals surface area contributed by atoms with Gasteiger partial charge in [-0.2, -0.15) is 0 Å². The third-order valence-electron chi connectivity index (χ3n) is 6.98. The molecule has 0 bridgehead atoms. The first-order valence-corrected chi connectivity index (χ1v) is 11.0. The summed E-state index contributed by atoms with van der Waals surface area (Å²) in [5.41, 5.74) is 13.3. The van der Waals surface area contributed by atoms with Crippen LogP contribution in [0.4, 0.5) is 0 Å². The van der Waals surface area contributed by atoms with Crippen molar-refractivity contribution in [2.24, 2.45) is 0 Å². The van der Waals surface area contributed by atoms with E-state index >= 15 is 0 Å². The van der Waals surface area contributed by atoms with Gasteiger partial charge in [0.25, 0.3) is 0 Å². The molecule has 0 saturated heterocycles. The van der Waals surface area contributed by atoms with Crippen LogP contribution in [0.25, 0.3) is 22.3 Å². The number of benzene rings is 4. The van der Waals surface area contributed by atoms with Crippen LogP contribution in [0.1, 0.15) is 33.4 Å². The first-order chi connectivity index (χ1) is 15.3. The molecule has 6 rings (SSSR count). The fourth-order valence-corrected chi connectivity index (χ4v) is 5.83. The van der Waals surface area contributed by atoms with Crippen LogP contribution in [-0.2, 0) is 18.3 Å². The van der Waals surface area contributed by atoms with Gasteiger partial charge in [0.1, 0.15) is 0 Å². The lowest BCUT2D eigenvalue weighted by Gasteiger charge is -2.30. The Labute approximate surface area is 184 Å². The van der Waals surface area contributed by atoms with Crippen molar-refractivity contribution in [1.82, 2.24) is 0 Å². The molecule has 0 aromatic heterocycles. The number of rotatable bonds is 4. The van der Waals surface area contributed by atoms with Gasteiger partial charge in [-0.1, -0.05) is 97.1 Å². The minimum absolute atomic E-state index is 0.253. The quantitative estimate of drug-likeness (QED) is 0.271. The maximum Gasteiger partial charge on any atom is 0.0725 e. The summed E-state index contributed by atoms with van der Waals surface area (Å²) in [7, 11) is 0. The summed E-state index contributed by atoms with van der Waals surface area (Å²) < 4.78 is 0. The zero-order valence-electron chi connectivity index (χ0n) is 17.6. The second-order valence-corrected chi connectivity index (χ2v) is 8.59. The SMILES string of the molecule is C=CCc1ccc2c(c1)-c1cc(CC=C)ccc1C21c2ccccc2-c2ccccc21. The van der Waals surface area contributed by atoms with Crippen LogP contribution in [0.5, 0.6) is 0 Å². The van der Waals surface area contributed by atoms with Gasteiger partial charge in [0.05, 0.1) is 5.41 Å². The number of allylic oxidation sites excluding steroid dienone is 2. The molecule has 2 aliphatic rings. The molecule has 4 aromatic rings. The molecule has 0 unspecified atom stereocenters. The first-order valence-electron chi connectivity index (χ1n) is 11.0. The Morgan fingerprint density at radius 2 is 0.935 bits per heavy atom. The molecule has 0 nitrogen and oxygen atoms in total. The molecule has 1 spiro atoms. The molecule has 0 N–H and O–H groups in total. The van der Waals surface area contributed by atoms with Crippen molar-refractivity contribution >= 4 is 0 Å². The number of hydrogen-bond donors (Lipinski definition) is 0. The van der Waals surface area contributed by atoms with Crippen LogP contribution >= 0.6 is 0 Å². The normalized spacial score (nSPS) is 13.9. The van der Waals surface area contributed by atoms with Crippen molar-refractivity contribution in [3.8, 4) is 22.3 Å². The van der Waals surface area contributed by atoms with Crippen LogP contribution in [0.2, 0.25) is 0 Å². The summed E-state index contributed by atoms with van der Waals surface area (Å²) in [5.74, 6) is 0. The van der Waals surface area contributed by atoms with E-state index in [0.29, 0.717) is 0 Å². The Morgan fingerprint density at radius 3 is 1.39 bits per heavy atom. The monoisotopic (exact) mass is 396 g/mol. The van der Waals surface area contributed by atoms with Crippen LogP contribution in [-0.4, -0.2) is 0 Å². The minimum atomic E-state index is -0.253. The Bertz CT molecular complexity index is 1260. The molecule has 0 aliphatic heterocycles. The van der Waals surface area contributed by atoms with Crippen LogP contribution in [0.15, 0.2) is 110 Å². The molecule has 2 aliphatic carbocycles. The fraction of sp³-hybridized carbons (Fsp3) is 0.0968. The highest BCUT2D eigenvalue weighted by Gasteiger charge is 2.51. The number of fused-ring (bicyclic) bond motifs is 10. The van der Waals surface area contributed by atoms with Crippen molar-refractivity contribution < 1.29 is 0 Å². The maximum atomic E-state index is 3.95. The van der Waals surface area contributed by atoms with Crippen molar-refractivity contribution in [1.29, 1.82) is 0 Å². The fourth-order valence-electron chi connectivity index (χ4n) is 5.83. The molecule has 0 fully saturated rings. The average molecular weight is 397 g/mol. The molecule has 0 radical (unpaired) electrons. The van der Waals surface area contributed by atoms with Gasteiger partial charge in [0, 0.05) is 0 Å². The topological polar surface area (TPSA) is 0 Å². The molecule has 0 saturated carbocycles. The van der Waals surface area contributed by atoms with E-state index in [1.165, 1.54) is 55.6 Å². The average Bonchev–Trinajstić information content (AvgIpc) is 3.26. The molecule has 0 heterocycles. The predicted octanol–water partition coefficient (Wildman–Crippen LogP) is 7.49. The molecular weight excluding hydrogens is 372 g/mol. The van der Waals surface area contributed by atoms with Crippen LogP contribution in [0.3, 0.4) is 0 Å². The van der Waals surface area contributed by atoms with Gasteiger partial charge < -0.3 is 0 Å². The van der Waals surface area contributed by atoms with E-state index in [4.69, 9.17) is 0 Å². The van der Waals surface area contributed by atoms with Gasteiger partial charge in [0.15, 0.2) is 0 Å². The second kappa shape index (κ2) is 6.68. The van der Waals surface area contributed by atoms with Crippen molar-refractivity contribution in [2.75, 3.05) is 0 Å². The lowest BCUT2D eigenvalue weighted by atomic mass is 9.70. The zero-order chi connectivity index (χ0) is 21.0. The molecule has 0 amide bonds. The van der Waals surface area contributed by atoms with Crippen molar-refractivity contribution in [3.05, 3.63) is 144 Å². The van der Waals surface area contributed by atoms with Gasteiger partial charge in [-0.25, -0.2) is 0 Å². The van der Waals surface area contributed by atoms with E-state index in [9.17, 15) is 0 Å². The molecule has 148 valence electrons. The largest absolute Gasteiger partial charge is 0.103 e. The molecule has 31 heavy (non-hydrogen) atoms. The Balaban J connectivity index is 1.76. The summed E-state index contributed by atoms with van der Waals surface area (Å²) in [6.45, 7) is 7.90. The van der Waals surface area contributed by atoms with Gasteiger partial charge >= 0.3 is 0 Å². The standard InChI is InChI=1S/C31H24/c1-3-9-21-15-17-29-25(19-21)26-20-22(10-4-2)16-18-30(26)31(29)27-13-7-5-11-23(27)24-12-6-8-14-28(24)31/h3-8,11-20H,1-2,9-10H2. The predicted molar refractivity (Wildman–Crippen MR) is 131 cm³/mol. The van der Waals surface area contributed by atoms with Gasteiger partial charge in [-0.05, 0) is 68.5 Å².